The highest BCUT2D eigenvalue weighted by Crippen LogP contribution is 2.52. The van der Waals surface area contributed by atoms with Crippen molar-refractivity contribution in [3.05, 3.63) is 66.2 Å². The van der Waals surface area contributed by atoms with Gasteiger partial charge in [0.1, 0.15) is 0 Å². The predicted octanol–water partition coefficient (Wildman–Crippen LogP) is 4.24. The lowest BCUT2D eigenvalue weighted by Crippen LogP contribution is -2.38. The van der Waals surface area contributed by atoms with Gasteiger partial charge < -0.3 is 4.74 Å². The van der Waals surface area contributed by atoms with Gasteiger partial charge in [-0.3, -0.25) is 9.59 Å². The number of benzene rings is 2. The zero-order valence-electron chi connectivity index (χ0n) is 15.6. The number of rotatable bonds is 3. The normalized spacial score (nSPS) is 30.6. The van der Waals surface area contributed by atoms with E-state index in [0.29, 0.717) is 11.4 Å². The fraction of sp³-hybridized carbons (Fsp3) is 0.273. The summed E-state index contributed by atoms with van der Waals surface area (Å²) in [7, 11) is 0. The molecule has 140 valence electrons. The molecule has 3 aliphatic heterocycles. The molecular weight excluding hydrogens is 354 g/mol. The Morgan fingerprint density at radius 2 is 1.54 bits per heavy atom. The fourth-order valence-corrected chi connectivity index (χ4v) is 4.30. The molecule has 2 aromatic rings. The second-order valence-corrected chi connectivity index (χ2v) is 7.69. The molecular formula is C22H19N3O3. The predicted molar refractivity (Wildman–Crippen MR) is 104 cm³/mol. The number of fused-ring (bicyclic) bond motifs is 5. The van der Waals surface area contributed by atoms with Gasteiger partial charge in [0.15, 0.2) is 0 Å². The van der Waals surface area contributed by atoms with Crippen LogP contribution in [0.4, 0.5) is 17.1 Å². The summed E-state index contributed by atoms with van der Waals surface area (Å²) in [6.45, 7) is 3.89. The van der Waals surface area contributed by atoms with E-state index in [4.69, 9.17) is 4.74 Å². The summed E-state index contributed by atoms with van der Waals surface area (Å²) in [6.07, 6.45) is 3.49. The van der Waals surface area contributed by atoms with E-state index in [9.17, 15) is 9.59 Å². The number of imide groups is 1. The van der Waals surface area contributed by atoms with Crippen molar-refractivity contribution in [2.24, 2.45) is 22.1 Å². The summed E-state index contributed by atoms with van der Waals surface area (Å²) in [5, 5.41) is 8.43. The minimum Gasteiger partial charge on any atom is -0.362 e. The minimum absolute atomic E-state index is 0.192. The van der Waals surface area contributed by atoms with Gasteiger partial charge in [0, 0.05) is 0 Å². The first-order valence-corrected chi connectivity index (χ1v) is 9.30. The van der Waals surface area contributed by atoms with E-state index >= 15 is 0 Å². The Balaban J connectivity index is 1.37. The molecule has 5 rings (SSSR count). The van der Waals surface area contributed by atoms with Gasteiger partial charge in [0.05, 0.1) is 40.6 Å². The molecule has 0 aromatic heterocycles. The van der Waals surface area contributed by atoms with Crippen molar-refractivity contribution in [1.82, 2.24) is 0 Å². The second-order valence-electron chi connectivity index (χ2n) is 7.69. The molecule has 4 atom stereocenters. The molecule has 2 amide bonds. The third-order valence-corrected chi connectivity index (χ3v) is 5.75. The van der Waals surface area contributed by atoms with Crippen LogP contribution in [0.15, 0.2) is 70.9 Å². The number of ether oxygens (including phenoxy) is 1. The van der Waals surface area contributed by atoms with Crippen molar-refractivity contribution in [2.45, 2.75) is 25.6 Å². The van der Waals surface area contributed by atoms with Crippen molar-refractivity contribution in [1.29, 1.82) is 0 Å². The Kier molecular flexibility index (Phi) is 3.61. The van der Waals surface area contributed by atoms with E-state index in [0.717, 1.165) is 11.3 Å². The van der Waals surface area contributed by atoms with Crippen LogP contribution in [0.5, 0.6) is 0 Å². The number of nitrogens with zero attached hydrogens (tertiary/aromatic N) is 3. The van der Waals surface area contributed by atoms with Gasteiger partial charge in [-0.25, -0.2) is 4.90 Å². The van der Waals surface area contributed by atoms with Crippen LogP contribution in [0.3, 0.4) is 0 Å². The highest BCUT2D eigenvalue weighted by Gasteiger charge is 2.65. The van der Waals surface area contributed by atoms with Crippen LogP contribution in [0.1, 0.15) is 12.5 Å². The summed E-state index contributed by atoms with van der Waals surface area (Å²) < 4.78 is 5.85. The number of anilines is 1. The van der Waals surface area contributed by atoms with Crippen LogP contribution in [-0.4, -0.2) is 23.5 Å². The molecule has 6 nitrogen and oxygen atoms in total. The molecule has 28 heavy (non-hydrogen) atoms. The summed E-state index contributed by atoms with van der Waals surface area (Å²) in [6, 6.07) is 14.7. The quantitative estimate of drug-likeness (QED) is 0.459. The molecule has 0 radical (unpaired) electrons. The standard InChI is InChI=1S/C22H19N3O3/c1-13-3-5-14(6-4-13)23-24-15-7-9-16(10-8-15)25-20(26)18-17-11-12-22(2,28-17)19(18)21(25)27/h3-12,17-19H,1-2H3/t17-,18-,19-,22-/m1/s1. The SMILES string of the molecule is Cc1ccc(N=Nc2ccc(N3C(=O)[C@@H]4[C@H]5C=C[C@@](C)(O5)[C@H]4C3=O)cc2)cc1. The zero-order valence-corrected chi connectivity index (χ0v) is 15.6. The van der Waals surface area contributed by atoms with Crippen LogP contribution in [0.25, 0.3) is 0 Å². The van der Waals surface area contributed by atoms with Crippen molar-refractivity contribution < 1.29 is 14.3 Å². The third-order valence-electron chi connectivity index (χ3n) is 5.75. The van der Waals surface area contributed by atoms with Crippen molar-refractivity contribution in [2.75, 3.05) is 4.90 Å². The number of carbonyl (C=O) groups is 2. The molecule has 0 unspecified atom stereocenters. The molecule has 3 heterocycles. The van der Waals surface area contributed by atoms with Gasteiger partial charge in [0.25, 0.3) is 0 Å². The second kappa shape index (κ2) is 5.94. The van der Waals surface area contributed by atoms with E-state index in [1.165, 1.54) is 4.90 Å². The van der Waals surface area contributed by atoms with E-state index in [1.54, 1.807) is 24.3 Å². The van der Waals surface area contributed by atoms with Crippen LogP contribution in [-0.2, 0) is 14.3 Å². The third kappa shape index (κ3) is 2.45. The number of hydrogen-bond donors (Lipinski definition) is 0. The highest BCUT2D eigenvalue weighted by atomic mass is 16.5. The maximum absolute atomic E-state index is 13.0. The largest absolute Gasteiger partial charge is 0.362 e. The molecule has 0 aliphatic carbocycles. The molecule has 6 heteroatoms. The van der Waals surface area contributed by atoms with E-state index in [2.05, 4.69) is 10.2 Å². The molecule has 2 bridgehead atoms. The Bertz CT molecular complexity index is 1030. The maximum Gasteiger partial charge on any atom is 0.241 e. The molecule has 0 N–H and O–H groups in total. The smallest absolute Gasteiger partial charge is 0.241 e. The van der Waals surface area contributed by atoms with E-state index < -0.39 is 17.4 Å². The Labute approximate surface area is 162 Å². The number of hydrogen-bond acceptors (Lipinski definition) is 5. The lowest BCUT2D eigenvalue weighted by Gasteiger charge is -2.24. The van der Waals surface area contributed by atoms with Crippen LogP contribution in [0, 0.1) is 18.8 Å². The average molecular weight is 373 g/mol. The van der Waals surface area contributed by atoms with Crippen LogP contribution >= 0.6 is 0 Å². The lowest BCUT2D eigenvalue weighted by molar-refractivity contribution is -0.126. The van der Waals surface area contributed by atoms with Gasteiger partial charge in [-0.05, 0) is 50.2 Å². The van der Waals surface area contributed by atoms with Gasteiger partial charge in [-0.1, -0.05) is 29.8 Å². The Hall–Kier alpha value is -3.12. The number of aryl methyl sites for hydroxylation is 1. The molecule has 2 fully saturated rings. The van der Waals surface area contributed by atoms with Crippen molar-refractivity contribution >= 4 is 28.9 Å². The number of amides is 2. The van der Waals surface area contributed by atoms with Crippen LogP contribution in [0.2, 0.25) is 0 Å². The van der Waals surface area contributed by atoms with E-state index in [1.807, 2.05) is 50.3 Å². The summed E-state index contributed by atoms with van der Waals surface area (Å²) in [5.74, 6) is -1.26. The summed E-state index contributed by atoms with van der Waals surface area (Å²) in [5.41, 5.74) is 2.46. The highest BCUT2D eigenvalue weighted by molar-refractivity contribution is 6.23. The molecule has 0 saturated carbocycles. The van der Waals surface area contributed by atoms with Gasteiger partial charge in [0.2, 0.25) is 11.8 Å². The fourth-order valence-electron chi connectivity index (χ4n) is 4.30. The van der Waals surface area contributed by atoms with Gasteiger partial charge in [-0.15, -0.1) is 0 Å². The molecule has 0 spiro atoms. The zero-order chi connectivity index (χ0) is 19.5. The summed E-state index contributed by atoms with van der Waals surface area (Å²) >= 11 is 0. The first-order chi connectivity index (χ1) is 13.5. The molecule has 2 aromatic carbocycles. The summed E-state index contributed by atoms with van der Waals surface area (Å²) in [4.78, 5) is 27.2. The average Bonchev–Trinajstić information content (AvgIpc) is 3.30. The topological polar surface area (TPSA) is 71.3 Å². The van der Waals surface area contributed by atoms with Crippen molar-refractivity contribution in [3.63, 3.8) is 0 Å². The number of carbonyl (C=O) groups excluding carboxylic acids is 2. The Morgan fingerprint density at radius 3 is 2.14 bits per heavy atom. The lowest BCUT2D eigenvalue weighted by atomic mass is 9.78. The molecule has 2 saturated heterocycles. The Morgan fingerprint density at radius 1 is 0.929 bits per heavy atom. The van der Waals surface area contributed by atoms with E-state index in [-0.39, 0.29) is 17.9 Å². The van der Waals surface area contributed by atoms with Gasteiger partial charge in [-0.2, -0.15) is 10.2 Å². The number of azo groups is 1. The monoisotopic (exact) mass is 373 g/mol. The first kappa shape index (κ1) is 17.0. The first-order valence-electron chi connectivity index (χ1n) is 9.30. The minimum atomic E-state index is -0.682. The van der Waals surface area contributed by atoms with Crippen LogP contribution < -0.4 is 4.90 Å². The molecule has 3 aliphatic rings. The van der Waals surface area contributed by atoms with Crippen molar-refractivity contribution in [3.8, 4) is 0 Å². The van der Waals surface area contributed by atoms with Gasteiger partial charge >= 0.3 is 0 Å². The maximum atomic E-state index is 13.0.